The third-order valence-electron chi connectivity index (χ3n) is 5.70. The fraction of sp³-hybridized carbons (Fsp3) is 0.478. The Hall–Kier alpha value is -1.64. The highest BCUT2D eigenvalue weighted by molar-refractivity contribution is 5.27. The van der Waals surface area contributed by atoms with E-state index in [1.807, 2.05) is 18.2 Å². The molecule has 0 saturated heterocycles. The summed E-state index contributed by atoms with van der Waals surface area (Å²) in [5, 5.41) is 10.8. The lowest BCUT2D eigenvalue weighted by Crippen LogP contribution is -2.34. The highest BCUT2D eigenvalue weighted by atomic mass is 16.6. The Labute approximate surface area is 151 Å². The Morgan fingerprint density at radius 2 is 1.52 bits per heavy atom. The van der Waals surface area contributed by atoms with Crippen LogP contribution in [0.1, 0.15) is 81.3 Å². The normalized spacial score (nSPS) is 19.3. The maximum atomic E-state index is 10.8. The molecule has 0 amide bonds. The van der Waals surface area contributed by atoms with Gasteiger partial charge in [-0.25, -0.2) is 0 Å². The Balaban J connectivity index is 1.80. The van der Waals surface area contributed by atoms with E-state index in [0.717, 1.165) is 37.7 Å². The van der Waals surface area contributed by atoms with Gasteiger partial charge in [0.05, 0.1) is 5.60 Å². The van der Waals surface area contributed by atoms with Gasteiger partial charge in [-0.1, -0.05) is 87.7 Å². The quantitative estimate of drug-likeness (QED) is 0.648. The summed E-state index contributed by atoms with van der Waals surface area (Å²) in [4.78, 5) is 0. The Kier molecular flexibility index (Phi) is 5.93. The van der Waals surface area contributed by atoms with Crippen LogP contribution in [0.15, 0.2) is 54.6 Å². The lowest BCUT2D eigenvalue weighted by molar-refractivity contribution is -0.207. The molecule has 2 aromatic carbocycles. The van der Waals surface area contributed by atoms with Gasteiger partial charge in [0, 0.05) is 5.56 Å². The van der Waals surface area contributed by atoms with Crippen molar-refractivity contribution in [1.29, 1.82) is 0 Å². The van der Waals surface area contributed by atoms with Gasteiger partial charge in [-0.2, -0.15) is 0 Å². The van der Waals surface area contributed by atoms with E-state index in [4.69, 9.17) is 4.74 Å². The number of hydrogen-bond donors (Lipinski definition) is 1. The van der Waals surface area contributed by atoms with Crippen LogP contribution in [0, 0.1) is 0 Å². The summed E-state index contributed by atoms with van der Waals surface area (Å²) in [6.45, 7) is 4.43. The standard InChI is InChI=1S/C23H30O2/c1-3-18(2)19-12-14-20(15-13-19)22(24)25-23(16-8-5-9-17-23)21-10-6-4-7-11-21/h4,6-7,10-15,18,22,24H,3,5,8-9,16-17H2,1-2H3. The van der Waals surface area contributed by atoms with E-state index in [1.165, 1.54) is 17.5 Å². The Morgan fingerprint density at radius 1 is 0.920 bits per heavy atom. The summed E-state index contributed by atoms with van der Waals surface area (Å²) in [5.41, 5.74) is 2.97. The van der Waals surface area contributed by atoms with Gasteiger partial charge >= 0.3 is 0 Å². The molecule has 0 heterocycles. The van der Waals surface area contributed by atoms with Crippen molar-refractivity contribution in [2.45, 2.75) is 70.2 Å². The summed E-state index contributed by atoms with van der Waals surface area (Å²) < 4.78 is 6.33. The molecule has 0 aliphatic heterocycles. The van der Waals surface area contributed by atoms with Crippen molar-refractivity contribution in [3.8, 4) is 0 Å². The SMILES string of the molecule is CCC(C)c1ccc(C(O)OC2(c3ccccc3)CCCCC2)cc1. The molecule has 1 fully saturated rings. The van der Waals surface area contributed by atoms with Crippen molar-refractivity contribution < 1.29 is 9.84 Å². The molecule has 25 heavy (non-hydrogen) atoms. The molecule has 0 radical (unpaired) electrons. The minimum absolute atomic E-state index is 0.367. The molecule has 1 N–H and O–H groups in total. The second-order valence-electron chi connectivity index (χ2n) is 7.37. The average Bonchev–Trinajstić information content (AvgIpc) is 2.69. The van der Waals surface area contributed by atoms with Gasteiger partial charge in [-0.15, -0.1) is 0 Å². The first-order chi connectivity index (χ1) is 12.1. The van der Waals surface area contributed by atoms with Gasteiger partial charge in [0.2, 0.25) is 0 Å². The van der Waals surface area contributed by atoms with Crippen molar-refractivity contribution in [3.63, 3.8) is 0 Å². The van der Waals surface area contributed by atoms with Crippen molar-refractivity contribution in [1.82, 2.24) is 0 Å². The van der Waals surface area contributed by atoms with E-state index in [0.29, 0.717) is 5.92 Å². The number of aliphatic hydroxyl groups excluding tert-OH is 1. The first kappa shape index (κ1) is 18.2. The first-order valence-corrected chi connectivity index (χ1v) is 9.66. The van der Waals surface area contributed by atoms with Crippen molar-refractivity contribution >= 4 is 0 Å². The third-order valence-corrected chi connectivity index (χ3v) is 5.70. The maximum Gasteiger partial charge on any atom is 0.182 e. The number of hydrogen-bond acceptors (Lipinski definition) is 2. The summed E-state index contributed by atoms with van der Waals surface area (Å²) in [6.07, 6.45) is 5.72. The van der Waals surface area contributed by atoms with Gasteiger partial charge < -0.3 is 9.84 Å². The first-order valence-electron chi connectivity index (χ1n) is 9.66. The number of aliphatic hydroxyl groups is 1. The fourth-order valence-electron chi connectivity index (χ4n) is 3.85. The minimum atomic E-state index is -0.885. The van der Waals surface area contributed by atoms with E-state index in [9.17, 15) is 5.11 Å². The molecular weight excluding hydrogens is 308 g/mol. The number of rotatable bonds is 6. The molecule has 1 aliphatic carbocycles. The van der Waals surface area contributed by atoms with Gasteiger partial charge in [0.25, 0.3) is 0 Å². The molecule has 3 rings (SSSR count). The fourth-order valence-corrected chi connectivity index (χ4v) is 3.85. The summed E-state index contributed by atoms with van der Waals surface area (Å²) in [5.74, 6) is 0.543. The lowest BCUT2D eigenvalue weighted by atomic mass is 9.79. The van der Waals surface area contributed by atoms with Crippen molar-refractivity contribution in [3.05, 3.63) is 71.3 Å². The molecule has 0 aromatic heterocycles. The number of benzene rings is 2. The smallest absolute Gasteiger partial charge is 0.182 e. The molecule has 2 nitrogen and oxygen atoms in total. The van der Waals surface area contributed by atoms with Crippen LogP contribution in [0.3, 0.4) is 0 Å². The van der Waals surface area contributed by atoms with E-state index in [-0.39, 0.29) is 5.60 Å². The lowest BCUT2D eigenvalue weighted by Gasteiger charge is -2.39. The van der Waals surface area contributed by atoms with Crippen LogP contribution in [-0.2, 0) is 10.3 Å². The largest absolute Gasteiger partial charge is 0.364 e. The van der Waals surface area contributed by atoms with Crippen LogP contribution in [0.5, 0.6) is 0 Å². The van der Waals surface area contributed by atoms with Crippen molar-refractivity contribution in [2.24, 2.45) is 0 Å². The maximum absolute atomic E-state index is 10.8. The Morgan fingerprint density at radius 3 is 2.12 bits per heavy atom. The average molecular weight is 338 g/mol. The molecule has 0 spiro atoms. The molecule has 1 aliphatic rings. The van der Waals surface area contributed by atoms with Crippen LogP contribution in [0.4, 0.5) is 0 Å². The highest BCUT2D eigenvalue weighted by Crippen LogP contribution is 2.43. The molecular formula is C23H30O2. The molecule has 2 aromatic rings. The topological polar surface area (TPSA) is 29.5 Å². The van der Waals surface area contributed by atoms with E-state index >= 15 is 0 Å². The van der Waals surface area contributed by atoms with E-state index < -0.39 is 6.29 Å². The molecule has 2 heteroatoms. The van der Waals surface area contributed by atoms with E-state index in [2.05, 4.69) is 50.2 Å². The Bertz CT molecular complexity index is 642. The molecule has 0 bridgehead atoms. The van der Waals surface area contributed by atoms with Crippen LogP contribution in [0.2, 0.25) is 0 Å². The molecule has 2 unspecified atom stereocenters. The second-order valence-corrected chi connectivity index (χ2v) is 7.37. The van der Waals surface area contributed by atoms with Crippen LogP contribution >= 0.6 is 0 Å². The zero-order chi connectivity index (χ0) is 17.7. The van der Waals surface area contributed by atoms with Gasteiger partial charge in [-0.3, -0.25) is 0 Å². The zero-order valence-corrected chi connectivity index (χ0v) is 15.4. The summed E-state index contributed by atoms with van der Waals surface area (Å²) >= 11 is 0. The van der Waals surface area contributed by atoms with Gasteiger partial charge in [0.1, 0.15) is 0 Å². The van der Waals surface area contributed by atoms with Crippen molar-refractivity contribution in [2.75, 3.05) is 0 Å². The molecule has 1 saturated carbocycles. The summed E-state index contributed by atoms with van der Waals surface area (Å²) in [7, 11) is 0. The molecule has 2 atom stereocenters. The minimum Gasteiger partial charge on any atom is -0.364 e. The second kappa shape index (κ2) is 8.16. The number of ether oxygens (including phenoxy) is 1. The molecule has 134 valence electrons. The van der Waals surface area contributed by atoms with Gasteiger partial charge in [-0.05, 0) is 36.3 Å². The predicted molar refractivity (Wildman–Crippen MR) is 102 cm³/mol. The monoisotopic (exact) mass is 338 g/mol. The van der Waals surface area contributed by atoms with Crippen LogP contribution < -0.4 is 0 Å². The summed E-state index contributed by atoms with van der Waals surface area (Å²) in [6, 6.07) is 18.7. The highest BCUT2D eigenvalue weighted by Gasteiger charge is 2.37. The predicted octanol–water partition coefficient (Wildman–Crippen LogP) is 6.07. The third kappa shape index (κ3) is 4.13. The van der Waals surface area contributed by atoms with E-state index in [1.54, 1.807) is 0 Å². The zero-order valence-electron chi connectivity index (χ0n) is 15.4. The van der Waals surface area contributed by atoms with Crippen LogP contribution in [-0.4, -0.2) is 5.11 Å². The van der Waals surface area contributed by atoms with Crippen LogP contribution in [0.25, 0.3) is 0 Å². The van der Waals surface area contributed by atoms with Gasteiger partial charge in [0.15, 0.2) is 6.29 Å².